The topological polar surface area (TPSA) is 24.5 Å². The molecule has 94 valence electrons. The van der Waals surface area contributed by atoms with E-state index in [2.05, 4.69) is 5.32 Å². The van der Waals surface area contributed by atoms with Crippen LogP contribution in [0.15, 0.2) is 24.3 Å². The highest BCUT2D eigenvalue weighted by Gasteiger charge is 2.10. The average Bonchev–Trinajstić information content (AvgIpc) is 2.34. The van der Waals surface area contributed by atoms with E-state index in [0.717, 1.165) is 6.42 Å². The molecule has 0 spiro atoms. The Morgan fingerprint density at radius 1 is 1.47 bits per heavy atom. The normalized spacial score (nSPS) is 10.1. The first-order valence-corrected chi connectivity index (χ1v) is 5.82. The standard InChI is InChI=1S/C12H17FN2OS/c1-15(11-7-4-3-6-10(11)13)12(17)14-8-5-9-16-2/h3-4,6-7H,5,8-9H2,1-2H3,(H,14,17). The second-order valence-electron chi connectivity index (χ2n) is 3.59. The van der Waals surface area contributed by atoms with Gasteiger partial charge in [-0.3, -0.25) is 0 Å². The van der Waals surface area contributed by atoms with Gasteiger partial charge in [0, 0.05) is 27.3 Å². The molecule has 0 atom stereocenters. The van der Waals surface area contributed by atoms with Crippen molar-refractivity contribution in [3.63, 3.8) is 0 Å². The van der Waals surface area contributed by atoms with E-state index < -0.39 is 0 Å². The highest BCUT2D eigenvalue weighted by molar-refractivity contribution is 7.80. The predicted molar refractivity (Wildman–Crippen MR) is 71.9 cm³/mol. The van der Waals surface area contributed by atoms with Gasteiger partial charge in [-0.25, -0.2) is 4.39 Å². The molecule has 0 aliphatic heterocycles. The second kappa shape index (κ2) is 7.19. The van der Waals surface area contributed by atoms with E-state index in [1.165, 1.54) is 6.07 Å². The van der Waals surface area contributed by atoms with Crippen LogP contribution in [0.3, 0.4) is 0 Å². The van der Waals surface area contributed by atoms with Crippen LogP contribution >= 0.6 is 12.2 Å². The van der Waals surface area contributed by atoms with Crippen LogP contribution < -0.4 is 10.2 Å². The molecule has 0 aliphatic rings. The lowest BCUT2D eigenvalue weighted by Crippen LogP contribution is -2.38. The number of hydrogen-bond acceptors (Lipinski definition) is 2. The first-order valence-electron chi connectivity index (χ1n) is 5.42. The van der Waals surface area contributed by atoms with Gasteiger partial charge in [0.25, 0.3) is 0 Å². The zero-order valence-electron chi connectivity index (χ0n) is 10.1. The molecule has 5 heteroatoms. The summed E-state index contributed by atoms with van der Waals surface area (Å²) >= 11 is 5.18. The summed E-state index contributed by atoms with van der Waals surface area (Å²) in [5, 5.41) is 3.56. The number of thiocarbonyl (C=S) groups is 1. The molecule has 3 nitrogen and oxygen atoms in total. The van der Waals surface area contributed by atoms with Crippen LogP contribution in [0.25, 0.3) is 0 Å². The third-order valence-electron chi connectivity index (χ3n) is 2.32. The summed E-state index contributed by atoms with van der Waals surface area (Å²) in [6.45, 7) is 1.39. The third kappa shape index (κ3) is 4.28. The Kier molecular flexibility index (Phi) is 5.86. The van der Waals surface area contributed by atoms with Gasteiger partial charge in [-0.05, 0) is 30.8 Å². The number of rotatable bonds is 5. The molecule has 0 bridgehead atoms. The molecule has 0 aromatic heterocycles. The van der Waals surface area contributed by atoms with E-state index in [1.54, 1.807) is 37.3 Å². The molecule has 1 aromatic rings. The van der Waals surface area contributed by atoms with Crippen molar-refractivity contribution in [1.82, 2.24) is 5.32 Å². The lowest BCUT2D eigenvalue weighted by atomic mass is 10.3. The molecule has 1 N–H and O–H groups in total. The molecule has 0 aliphatic carbocycles. The molecule has 0 radical (unpaired) electrons. The fourth-order valence-corrected chi connectivity index (χ4v) is 1.56. The number of nitrogens with zero attached hydrogens (tertiary/aromatic N) is 1. The maximum absolute atomic E-state index is 13.5. The molecule has 1 aromatic carbocycles. The van der Waals surface area contributed by atoms with Crippen molar-refractivity contribution >= 4 is 23.0 Å². The van der Waals surface area contributed by atoms with Gasteiger partial charge in [0.05, 0.1) is 5.69 Å². The number of methoxy groups -OCH3 is 1. The molecule has 0 saturated carbocycles. The minimum absolute atomic E-state index is 0.281. The van der Waals surface area contributed by atoms with Crippen molar-refractivity contribution in [3.8, 4) is 0 Å². The Morgan fingerprint density at radius 3 is 2.82 bits per heavy atom. The van der Waals surface area contributed by atoms with Gasteiger partial charge in [0.1, 0.15) is 5.82 Å². The number of ether oxygens (including phenoxy) is 1. The van der Waals surface area contributed by atoms with Crippen molar-refractivity contribution in [3.05, 3.63) is 30.1 Å². The van der Waals surface area contributed by atoms with Crippen molar-refractivity contribution in [2.24, 2.45) is 0 Å². The molecule has 17 heavy (non-hydrogen) atoms. The van der Waals surface area contributed by atoms with Crippen LogP contribution in [0.2, 0.25) is 0 Å². The Morgan fingerprint density at radius 2 is 2.18 bits per heavy atom. The average molecular weight is 256 g/mol. The Hall–Kier alpha value is -1.20. The van der Waals surface area contributed by atoms with Crippen LogP contribution in [0.1, 0.15) is 6.42 Å². The monoisotopic (exact) mass is 256 g/mol. The van der Waals surface area contributed by atoms with Crippen molar-refractivity contribution in [2.45, 2.75) is 6.42 Å². The Bertz CT molecular complexity index is 373. The molecule has 0 saturated heterocycles. The van der Waals surface area contributed by atoms with E-state index in [-0.39, 0.29) is 5.82 Å². The van der Waals surface area contributed by atoms with E-state index in [0.29, 0.717) is 24.0 Å². The fraction of sp³-hybridized carbons (Fsp3) is 0.417. The molecular formula is C12H17FN2OS. The van der Waals surface area contributed by atoms with E-state index in [1.807, 2.05) is 0 Å². The zero-order valence-corrected chi connectivity index (χ0v) is 10.9. The van der Waals surface area contributed by atoms with Gasteiger partial charge in [0.15, 0.2) is 5.11 Å². The fourth-order valence-electron chi connectivity index (χ4n) is 1.36. The highest BCUT2D eigenvalue weighted by atomic mass is 32.1. The molecule has 0 fully saturated rings. The largest absolute Gasteiger partial charge is 0.385 e. The van der Waals surface area contributed by atoms with Crippen molar-refractivity contribution in [1.29, 1.82) is 0 Å². The lowest BCUT2D eigenvalue weighted by Gasteiger charge is -2.21. The molecule has 0 unspecified atom stereocenters. The summed E-state index contributed by atoms with van der Waals surface area (Å²) in [6, 6.07) is 6.54. The van der Waals surface area contributed by atoms with Gasteiger partial charge in [-0.2, -0.15) is 0 Å². The summed E-state index contributed by atoms with van der Waals surface area (Å²) < 4.78 is 18.4. The van der Waals surface area contributed by atoms with Gasteiger partial charge >= 0.3 is 0 Å². The molecule has 0 heterocycles. The third-order valence-corrected chi connectivity index (χ3v) is 2.74. The van der Waals surface area contributed by atoms with Crippen LogP contribution in [-0.2, 0) is 4.74 Å². The van der Waals surface area contributed by atoms with Gasteiger partial charge in [0.2, 0.25) is 0 Å². The Labute approximate surface area is 107 Å². The maximum atomic E-state index is 13.5. The smallest absolute Gasteiger partial charge is 0.173 e. The first kappa shape index (κ1) is 13.9. The zero-order chi connectivity index (χ0) is 12.7. The first-order chi connectivity index (χ1) is 8.16. The predicted octanol–water partition coefficient (Wildman–Crippen LogP) is 2.17. The van der Waals surface area contributed by atoms with Gasteiger partial charge < -0.3 is 15.0 Å². The van der Waals surface area contributed by atoms with Crippen LogP contribution in [0, 0.1) is 5.82 Å². The van der Waals surface area contributed by atoms with Crippen molar-refractivity contribution in [2.75, 3.05) is 32.2 Å². The number of hydrogen-bond donors (Lipinski definition) is 1. The van der Waals surface area contributed by atoms with Crippen LogP contribution in [0.4, 0.5) is 10.1 Å². The number of anilines is 1. The van der Waals surface area contributed by atoms with Crippen LogP contribution in [-0.4, -0.2) is 32.4 Å². The maximum Gasteiger partial charge on any atom is 0.173 e. The van der Waals surface area contributed by atoms with Gasteiger partial charge in [-0.1, -0.05) is 12.1 Å². The second-order valence-corrected chi connectivity index (χ2v) is 3.98. The SMILES string of the molecule is COCCCNC(=S)N(C)c1ccccc1F. The molecular weight excluding hydrogens is 239 g/mol. The molecule has 0 amide bonds. The summed E-state index contributed by atoms with van der Waals surface area (Å²) in [6.07, 6.45) is 0.863. The summed E-state index contributed by atoms with van der Waals surface area (Å²) in [5.74, 6) is -0.281. The molecule has 1 rings (SSSR count). The number of para-hydroxylation sites is 1. The van der Waals surface area contributed by atoms with Gasteiger partial charge in [-0.15, -0.1) is 0 Å². The van der Waals surface area contributed by atoms with Crippen molar-refractivity contribution < 1.29 is 9.13 Å². The minimum atomic E-state index is -0.281. The summed E-state index contributed by atoms with van der Waals surface area (Å²) in [4.78, 5) is 1.62. The number of benzene rings is 1. The van der Waals surface area contributed by atoms with Crippen LogP contribution in [0.5, 0.6) is 0 Å². The lowest BCUT2D eigenvalue weighted by molar-refractivity contribution is 0.195. The quantitative estimate of drug-likeness (QED) is 0.644. The number of halogens is 1. The number of nitrogens with one attached hydrogen (secondary N) is 1. The minimum Gasteiger partial charge on any atom is -0.385 e. The van der Waals surface area contributed by atoms with E-state index in [4.69, 9.17) is 17.0 Å². The van der Waals surface area contributed by atoms with E-state index >= 15 is 0 Å². The summed E-state index contributed by atoms with van der Waals surface area (Å²) in [5.41, 5.74) is 0.469. The van der Waals surface area contributed by atoms with E-state index in [9.17, 15) is 4.39 Å². The Balaban J connectivity index is 2.49. The summed E-state index contributed by atoms with van der Waals surface area (Å²) in [7, 11) is 3.40. The highest BCUT2D eigenvalue weighted by Crippen LogP contribution is 2.16.